The van der Waals surface area contributed by atoms with E-state index in [0.717, 1.165) is 5.39 Å². The zero-order valence-electron chi connectivity index (χ0n) is 7.08. The van der Waals surface area contributed by atoms with Crippen LogP contribution in [0.15, 0.2) is 35.1 Å². The Labute approximate surface area is 84.3 Å². The van der Waals surface area contributed by atoms with Crippen molar-refractivity contribution in [2.24, 2.45) is 0 Å². The Morgan fingerprint density at radius 1 is 1.21 bits per heavy atom. The van der Waals surface area contributed by atoms with Crippen LogP contribution >= 0.6 is 11.6 Å². The molecule has 0 radical (unpaired) electrons. The lowest BCUT2D eigenvalue weighted by molar-refractivity contribution is 0.108. The molecular weight excluding hydrogens is 202 g/mol. The number of hydrogen-bond acceptors (Lipinski definition) is 2. The van der Waals surface area contributed by atoms with Gasteiger partial charge >= 0.3 is 0 Å². The molecular formula is C10H6ClNO2. The lowest BCUT2D eigenvalue weighted by Gasteiger charge is -1.98. The second-order valence-corrected chi connectivity index (χ2v) is 3.24. The summed E-state index contributed by atoms with van der Waals surface area (Å²) in [6.45, 7) is 0. The summed E-state index contributed by atoms with van der Waals surface area (Å²) in [7, 11) is 0. The van der Waals surface area contributed by atoms with Gasteiger partial charge in [0.25, 0.3) is 5.24 Å². The molecule has 4 heteroatoms. The molecule has 1 aromatic heterocycles. The Hall–Kier alpha value is -1.61. The summed E-state index contributed by atoms with van der Waals surface area (Å²) in [4.78, 5) is 24.5. The van der Waals surface area contributed by atoms with Gasteiger partial charge in [-0.15, -0.1) is 0 Å². The van der Waals surface area contributed by atoms with Gasteiger partial charge in [-0.1, -0.05) is 6.07 Å². The van der Waals surface area contributed by atoms with Crippen LogP contribution in [0.3, 0.4) is 0 Å². The number of fused-ring (bicyclic) bond motifs is 1. The predicted molar refractivity (Wildman–Crippen MR) is 54.8 cm³/mol. The number of H-pyrrole nitrogens is 1. The van der Waals surface area contributed by atoms with E-state index in [2.05, 4.69) is 4.98 Å². The van der Waals surface area contributed by atoms with Crippen molar-refractivity contribution < 1.29 is 4.79 Å². The summed E-state index contributed by atoms with van der Waals surface area (Å²) in [5, 5.41) is 0.336. The van der Waals surface area contributed by atoms with Crippen LogP contribution in [0.5, 0.6) is 0 Å². The molecule has 70 valence electrons. The van der Waals surface area contributed by atoms with Crippen LogP contribution in [0, 0.1) is 0 Å². The third-order valence-electron chi connectivity index (χ3n) is 1.95. The van der Waals surface area contributed by atoms with E-state index in [4.69, 9.17) is 11.6 Å². The summed E-state index contributed by atoms with van der Waals surface area (Å²) < 4.78 is 0. The number of aromatic amines is 1. The van der Waals surface area contributed by atoms with E-state index < -0.39 is 5.24 Å². The van der Waals surface area contributed by atoms with Crippen LogP contribution in [0.4, 0.5) is 0 Å². The molecule has 0 bridgehead atoms. The molecule has 0 aliphatic carbocycles. The number of hydrogen-bond donors (Lipinski definition) is 1. The van der Waals surface area contributed by atoms with Crippen molar-refractivity contribution in [3.8, 4) is 0 Å². The van der Waals surface area contributed by atoms with Gasteiger partial charge in [0.15, 0.2) is 0 Å². The third kappa shape index (κ3) is 1.54. The number of carbonyl (C=O) groups is 1. The molecule has 0 atom stereocenters. The molecule has 3 nitrogen and oxygen atoms in total. The van der Waals surface area contributed by atoms with Crippen LogP contribution in [0.25, 0.3) is 10.9 Å². The highest BCUT2D eigenvalue weighted by molar-refractivity contribution is 6.67. The fourth-order valence-corrected chi connectivity index (χ4v) is 1.39. The summed E-state index contributed by atoms with van der Waals surface area (Å²) in [6.07, 6.45) is 0. The van der Waals surface area contributed by atoms with Crippen LogP contribution in [0.1, 0.15) is 10.4 Å². The average Bonchev–Trinajstić information content (AvgIpc) is 2.16. The maximum atomic E-state index is 11.0. The van der Waals surface area contributed by atoms with Gasteiger partial charge in [-0.3, -0.25) is 9.59 Å². The first kappa shape index (κ1) is 8.97. The van der Waals surface area contributed by atoms with E-state index in [1.54, 1.807) is 24.3 Å². The molecule has 14 heavy (non-hydrogen) atoms. The molecule has 1 aromatic carbocycles. The number of rotatable bonds is 1. The van der Waals surface area contributed by atoms with Crippen molar-refractivity contribution in [2.75, 3.05) is 0 Å². The molecule has 0 amide bonds. The lowest BCUT2D eigenvalue weighted by atomic mass is 10.1. The molecule has 0 saturated carbocycles. The normalized spacial score (nSPS) is 10.4. The first-order chi connectivity index (χ1) is 6.66. The van der Waals surface area contributed by atoms with Gasteiger partial charge in [0, 0.05) is 17.1 Å². The van der Waals surface area contributed by atoms with E-state index in [-0.39, 0.29) is 5.56 Å². The van der Waals surface area contributed by atoms with Gasteiger partial charge in [0.2, 0.25) is 5.56 Å². The Bertz CT molecular complexity index is 559. The van der Waals surface area contributed by atoms with E-state index in [1.807, 2.05) is 0 Å². The van der Waals surface area contributed by atoms with Gasteiger partial charge in [-0.25, -0.2) is 0 Å². The Balaban J connectivity index is 2.75. The quantitative estimate of drug-likeness (QED) is 0.727. The lowest BCUT2D eigenvalue weighted by Crippen LogP contribution is -2.02. The number of aromatic nitrogens is 1. The minimum Gasteiger partial charge on any atom is -0.322 e. The fourth-order valence-electron chi connectivity index (χ4n) is 1.27. The minimum absolute atomic E-state index is 0.198. The average molecular weight is 208 g/mol. The maximum Gasteiger partial charge on any atom is 0.252 e. The number of benzene rings is 1. The number of carbonyl (C=O) groups excluding carboxylic acids is 1. The van der Waals surface area contributed by atoms with Crippen molar-refractivity contribution in [3.05, 3.63) is 46.2 Å². The second kappa shape index (κ2) is 3.27. The van der Waals surface area contributed by atoms with Gasteiger partial charge in [0.05, 0.1) is 0 Å². The van der Waals surface area contributed by atoms with Crippen LogP contribution in [-0.2, 0) is 0 Å². The van der Waals surface area contributed by atoms with Crippen molar-refractivity contribution in [2.45, 2.75) is 0 Å². The molecule has 0 fully saturated rings. The summed E-state index contributed by atoms with van der Waals surface area (Å²) in [5.74, 6) is 0. The third-order valence-corrected chi connectivity index (χ3v) is 2.17. The number of nitrogens with one attached hydrogen (secondary N) is 1. The monoisotopic (exact) mass is 207 g/mol. The Morgan fingerprint density at radius 2 is 1.93 bits per heavy atom. The number of pyridine rings is 1. The van der Waals surface area contributed by atoms with E-state index in [1.165, 1.54) is 6.07 Å². The highest BCUT2D eigenvalue weighted by Crippen LogP contribution is 2.13. The smallest absolute Gasteiger partial charge is 0.252 e. The Kier molecular flexibility index (Phi) is 2.09. The van der Waals surface area contributed by atoms with Crippen LogP contribution in [-0.4, -0.2) is 10.2 Å². The molecule has 1 N–H and O–H groups in total. The summed E-state index contributed by atoms with van der Waals surface area (Å²) in [5.41, 5.74) is 0.793. The second-order valence-electron chi connectivity index (χ2n) is 2.90. The standard InChI is InChI=1S/C10H6ClNO2/c11-10(14)7-2-1-6-3-4-9(13)12-8(6)5-7/h1-5H,(H,12,13). The van der Waals surface area contributed by atoms with Crippen molar-refractivity contribution in [1.29, 1.82) is 0 Å². The molecule has 0 aliphatic rings. The van der Waals surface area contributed by atoms with Crippen molar-refractivity contribution in [1.82, 2.24) is 4.98 Å². The molecule has 0 unspecified atom stereocenters. The topological polar surface area (TPSA) is 49.9 Å². The minimum atomic E-state index is -0.531. The SMILES string of the molecule is O=C(Cl)c1ccc2ccc(=O)[nH]c2c1. The predicted octanol–water partition coefficient (Wildman–Crippen LogP) is 1.91. The summed E-state index contributed by atoms with van der Waals surface area (Å²) in [6, 6.07) is 8.05. The molecule has 0 spiro atoms. The molecule has 0 saturated heterocycles. The van der Waals surface area contributed by atoms with Crippen molar-refractivity contribution in [3.63, 3.8) is 0 Å². The zero-order valence-corrected chi connectivity index (χ0v) is 7.84. The van der Waals surface area contributed by atoms with Crippen LogP contribution < -0.4 is 5.56 Å². The maximum absolute atomic E-state index is 11.0. The molecule has 0 aliphatic heterocycles. The number of halogens is 1. The first-order valence-electron chi connectivity index (χ1n) is 4.00. The van der Waals surface area contributed by atoms with E-state index in [9.17, 15) is 9.59 Å². The molecule has 2 rings (SSSR count). The largest absolute Gasteiger partial charge is 0.322 e. The highest BCUT2D eigenvalue weighted by Gasteiger charge is 2.02. The highest BCUT2D eigenvalue weighted by atomic mass is 35.5. The van der Waals surface area contributed by atoms with Gasteiger partial charge in [-0.05, 0) is 35.2 Å². The van der Waals surface area contributed by atoms with E-state index in [0.29, 0.717) is 11.1 Å². The zero-order chi connectivity index (χ0) is 10.1. The Morgan fingerprint density at radius 3 is 2.64 bits per heavy atom. The summed E-state index contributed by atoms with van der Waals surface area (Å²) >= 11 is 5.31. The van der Waals surface area contributed by atoms with Gasteiger partial charge < -0.3 is 4.98 Å². The van der Waals surface area contributed by atoms with Crippen molar-refractivity contribution >= 4 is 27.7 Å². The molecule has 2 aromatic rings. The van der Waals surface area contributed by atoms with Gasteiger partial charge in [-0.2, -0.15) is 0 Å². The van der Waals surface area contributed by atoms with Crippen LogP contribution in [0.2, 0.25) is 0 Å². The molecule has 1 heterocycles. The van der Waals surface area contributed by atoms with Gasteiger partial charge in [0.1, 0.15) is 0 Å². The van der Waals surface area contributed by atoms with E-state index >= 15 is 0 Å². The first-order valence-corrected chi connectivity index (χ1v) is 4.37. The fraction of sp³-hybridized carbons (Fsp3) is 0.